The number of benzene rings is 1. The summed E-state index contributed by atoms with van der Waals surface area (Å²) in [5, 5.41) is 12.7. The van der Waals surface area contributed by atoms with Gasteiger partial charge in [0.25, 0.3) is 11.8 Å². The topological polar surface area (TPSA) is 90.3 Å². The number of nitrogens with one attached hydrogen (secondary N) is 1. The summed E-state index contributed by atoms with van der Waals surface area (Å²) < 4.78 is 0. The summed E-state index contributed by atoms with van der Waals surface area (Å²) in [6.07, 6.45) is 2.78. The van der Waals surface area contributed by atoms with E-state index in [1.165, 1.54) is 18.3 Å². The molecule has 4 rings (SSSR count). The van der Waals surface area contributed by atoms with Gasteiger partial charge in [-0.15, -0.1) is 11.3 Å². The van der Waals surface area contributed by atoms with Crippen LogP contribution in [0.25, 0.3) is 0 Å². The highest BCUT2D eigenvalue weighted by molar-refractivity contribution is 7.16. The van der Waals surface area contributed by atoms with E-state index in [9.17, 15) is 19.6 Å². The summed E-state index contributed by atoms with van der Waals surface area (Å²) in [5.41, 5.74) is 2.14. The number of nitriles is 1. The van der Waals surface area contributed by atoms with Gasteiger partial charge in [0.2, 0.25) is 5.91 Å². The molecule has 1 aromatic carbocycles. The van der Waals surface area contributed by atoms with Crippen LogP contribution in [0.5, 0.6) is 0 Å². The van der Waals surface area contributed by atoms with Crippen molar-refractivity contribution < 1.29 is 14.4 Å². The molecule has 26 heavy (non-hydrogen) atoms. The van der Waals surface area contributed by atoms with Gasteiger partial charge < -0.3 is 5.32 Å². The highest BCUT2D eigenvalue weighted by Crippen LogP contribution is 2.38. The number of imide groups is 1. The minimum Gasteiger partial charge on any atom is -0.315 e. The van der Waals surface area contributed by atoms with Gasteiger partial charge in [-0.3, -0.25) is 19.3 Å². The number of fused-ring (bicyclic) bond motifs is 2. The third kappa shape index (κ3) is 2.34. The van der Waals surface area contributed by atoms with Crippen molar-refractivity contribution in [3.63, 3.8) is 0 Å². The second-order valence-electron chi connectivity index (χ2n) is 6.36. The first kappa shape index (κ1) is 16.5. The maximum absolute atomic E-state index is 12.7. The van der Waals surface area contributed by atoms with Crippen LogP contribution in [0.4, 0.5) is 5.00 Å². The lowest BCUT2D eigenvalue weighted by molar-refractivity contribution is -0.119. The zero-order valence-electron chi connectivity index (χ0n) is 14.0. The fourth-order valence-corrected chi connectivity index (χ4v) is 4.75. The molecule has 1 aliphatic heterocycles. The van der Waals surface area contributed by atoms with Crippen LogP contribution in [0.3, 0.4) is 0 Å². The molecule has 0 spiro atoms. The summed E-state index contributed by atoms with van der Waals surface area (Å²) >= 11 is 1.41. The lowest BCUT2D eigenvalue weighted by Gasteiger charge is -2.21. The van der Waals surface area contributed by atoms with E-state index in [0.29, 0.717) is 21.7 Å². The molecule has 130 valence electrons. The molecule has 1 aromatic heterocycles. The fraction of sp³-hybridized carbons (Fsp3) is 0.263. The monoisotopic (exact) mass is 365 g/mol. The van der Waals surface area contributed by atoms with Crippen molar-refractivity contribution >= 4 is 34.1 Å². The Balaban J connectivity index is 1.58. The molecule has 2 heterocycles. The van der Waals surface area contributed by atoms with Gasteiger partial charge in [0.1, 0.15) is 17.1 Å². The lowest BCUT2D eigenvalue weighted by atomic mass is 10.1. The van der Waals surface area contributed by atoms with Gasteiger partial charge in [0.05, 0.1) is 16.7 Å². The number of thiophene rings is 1. The van der Waals surface area contributed by atoms with Gasteiger partial charge in [0.15, 0.2) is 0 Å². The Hall–Kier alpha value is -2.98. The van der Waals surface area contributed by atoms with E-state index in [1.54, 1.807) is 24.3 Å². The van der Waals surface area contributed by atoms with E-state index in [4.69, 9.17) is 0 Å². The van der Waals surface area contributed by atoms with Gasteiger partial charge in [0, 0.05) is 4.88 Å². The summed E-state index contributed by atoms with van der Waals surface area (Å²) in [5.74, 6) is -1.42. The van der Waals surface area contributed by atoms with Crippen molar-refractivity contribution in [3.05, 3.63) is 51.4 Å². The Bertz CT molecular complexity index is 967. The van der Waals surface area contributed by atoms with E-state index in [1.807, 2.05) is 0 Å². The summed E-state index contributed by atoms with van der Waals surface area (Å²) in [6.45, 7) is 1.52. The molecular formula is C19H15N3O3S. The van der Waals surface area contributed by atoms with Crippen molar-refractivity contribution in [3.8, 4) is 6.07 Å². The number of rotatable bonds is 3. The molecule has 1 unspecified atom stereocenters. The SMILES string of the molecule is CC(C(=O)Nc1sc2c(c1C#N)CCC2)N1C(=O)c2ccccc2C1=O. The Kier molecular flexibility index (Phi) is 3.85. The van der Waals surface area contributed by atoms with Crippen LogP contribution in [0.15, 0.2) is 24.3 Å². The number of amides is 3. The largest absolute Gasteiger partial charge is 0.315 e. The standard InChI is InChI=1S/C19H15N3O3S/c1-10(22-18(24)12-5-2-3-6-13(12)19(22)25)16(23)21-17-14(9-20)11-7-4-8-15(11)26-17/h2-3,5-6,10H,4,7-8H2,1H3,(H,21,23). The predicted octanol–water partition coefficient (Wildman–Crippen LogP) is 2.73. The van der Waals surface area contributed by atoms with Gasteiger partial charge in [-0.2, -0.15) is 5.26 Å². The summed E-state index contributed by atoms with van der Waals surface area (Å²) in [6, 6.07) is 7.74. The Morgan fingerprint density at radius 2 is 1.88 bits per heavy atom. The molecule has 0 saturated carbocycles. The second-order valence-corrected chi connectivity index (χ2v) is 7.47. The molecular weight excluding hydrogens is 350 g/mol. The molecule has 0 radical (unpaired) electrons. The Morgan fingerprint density at radius 1 is 1.23 bits per heavy atom. The smallest absolute Gasteiger partial charge is 0.262 e. The van der Waals surface area contributed by atoms with E-state index in [-0.39, 0.29) is 0 Å². The number of carbonyl (C=O) groups is 3. The molecule has 2 aliphatic rings. The van der Waals surface area contributed by atoms with E-state index in [0.717, 1.165) is 34.6 Å². The van der Waals surface area contributed by atoms with Crippen LogP contribution >= 0.6 is 11.3 Å². The van der Waals surface area contributed by atoms with E-state index >= 15 is 0 Å². The normalized spacial score (nSPS) is 16.2. The quantitative estimate of drug-likeness (QED) is 0.847. The van der Waals surface area contributed by atoms with E-state index < -0.39 is 23.8 Å². The van der Waals surface area contributed by atoms with Gasteiger partial charge in [-0.25, -0.2) is 0 Å². The Morgan fingerprint density at radius 3 is 2.50 bits per heavy atom. The number of nitrogens with zero attached hydrogens (tertiary/aromatic N) is 2. The molecule has 1 N–H and O–H groups in total. The minimum atomic E-state index is -0.967. The first-order valence-electron chi connectivity index (χ1n) is 8.35. The third-order valence-electron chi connectivity index (χ3n) is 4.86. The molecule has 3 amide bonds. The second kappa shape index (κ2) is 6.07. The number of carbonyl (C=O) groups excluding carboxylic acids is 3. The number of hydrogen-bond donors (Lipinski definition) is 1. The predicted molar refractivity (Wildman–Crippen MR) is 96.1 cm³/mol. The number of aryl methyl sites for hydroxylation is 1. The maximum atomic E-state index is 12.7. The molecule has 0 fully saturated rings. The molecule has 1 atom stereocenters. The van der Waals surface area contributed by atoms with Crippen LogP contribution in [0, 0.1) is 11.3 Å². The average molecular weight is 365 g/mol. The zero-order chi connectivity index (χ0) is 18.4. The molecule has 0 bridgehead atoms. The van der Waals surface area contributed by atoms with E-state index in [2.05, 4.69) is 11.4 Å². The van der Waals surface area contributed by atoms with Crippen LogP contribution in [0.2, 0.25) is 0 Å². The van der Waals surface area contributed by atoms with Crippen molar-refractivity contribution in [1.29, 1.82) is 5.26 Å². The molecule has 1 aliphatic carbocycles. The van der Waals surface area contributed by atoms with Gasteiger partial charge >= 0.3 is 0 Å². The first-order valence-corrected chi connectivity index (χ1v) is 9.17. The minimum absolute atomic E-state index is 0.310. The lowest BCUT2D eigenvalue weighted by Crippen LogP contribution is -2.45. The average Bonchev–Trinajstić information content (AvgIpc) is 3.28. The van der Waals surface area contributed by atoms with Gasteiger partial charge in [-0.1, -0.05) is 12.1 Å². The number of anilines is 1. The van der Waals surface area contributed by atoms with Crippen LogP contribution in [-0.4, -0.2) is 28.7 Å². The van der Waals surface area contributed by atoms with Gasteiger partial charge in [-0.05, 0) is 43.9 Å². The number of hydrogen-bond acceptors (Lipinski definition) is 5. The van der Waals surface area contributed by atoms with Crippen molar-refractivity contribution in [2.45, 2.75) is 32.2 Å². The van der Waals surface area contributed by atoms with Crippen LogP contribution < -0.4 is 5.32 Å². The maximum Gasteiger partial charge on any atom is 0.262 e. The van der Waals surface area contributed by atoms with Crippen molar-refractivity contribution in [2.75, 3.05) is 5.32 Å². The fourth-order valence-electron chi connectivity index (χ4n) is 3.50. The highest BCUT2D eigenvalue weighted by atomic mass is 32.1. The van der Waals surface area contributed by atoms with Crippen molar-refractivity contribution in [2.24, 2.45) is 0 Å². The van der Waals surface area contributed by atoms with Crippen LogP contribution in [-0.2, 0) is 17.6 Å². The molecule has 0 saturated heterocycles. The molecule has 7 heteroatoms. The third-order valence-corrected chi connectivity index (χ3v) is 6.07. The summed E-state index contributed by atoms with van der Waals surface area (Å²) in [4.78, 5) is 39.8. The zero-order valence-corrected chi connectivity index (χ0v) is 14.9. The molecule has 2 aromatic rings. The highest BCUT2D eigenvalue weighted by Gasteiger charge is 2.40. The summed E-state index contributed by atoms with van der Waals surface area (Å²) in [7, 11) is 0. The Labute approximate surface area is 154 Å². The molecule has 6 nitrogen and oxygen atoms in total. The first-order chi connectivity index (χ1) is 12.5. The van der Waals surface area contributed by atoms with Crippen molar-refractivity contribution in [1.82, 2.24) is 4.90 Å². The van der Waals surface area contributed by atoms with Crippen LogP contribution in [0.1, 0.15) is 50.1 Å².